The standard InChI is InChI=1S/C17H19F3N4O4/c1-11-15(24(26)27)12(2)23(22-11)7-6-21-16(25)14-5-3-4-13(8-14)9-28-10-17(18,19)20/h3-5,8H,6-7,9-10H2,1-2H3,(H,21,25). The third-order valence-electron chi connectivity index (χ3n) is 3.86. The Morgan fingerprint density at radius 1 is 1.36 bits per heavy atom. The van der Waals surface area contributed by atoms with Gasteiger partial charge in [-0.1, -0.05) is 12.1 Å². The molecule has 0 saturated heterocycles. The van der Waals surface area contributed by atoms with Crippen molar-refractivity contribution in [3.63, 3.8) is 0 Å². The summed E-state index contributed by atoms with van der Waals surface area (Å²) in [4.78, 5) is 22.7. The van der Waals surface area contributed by atoms with E-state index in [0.717, 1.165) is 0 Å². The second kappa shape index (κ2) is 8.83. The van der Waals surface area contributed by atoms with E-state index < -0.39 is 23.6 Å². The van der Waals surface area contributed by atoms with Crippen molar-refractivity contribution in [2.75, 3.05) is 13.2 Å². The Labute approximate surface area is 158 Å². The average Bonchev–Trinajstić information content (AvgIpc) is 2.87. The van der Waals surface area contributed by atoms with Crippen LogP contribution in [0.25, 0.3) is 0 Å². The van der Waals surface area contributed by atoms with Gasteiger partial charge in [-0.3, -0.25) is 19.6 Å². The number of rotatable bonds is 8. The van der Waals surface area contributed by atoms with Gasteiger partial charge in [0.2, 0.25) is 0 Å². The minimum absolute atomic E-state index is 0.0575. The van der Waals surface area contributed by atoms with E-state index in [1.165, 1.54) is 23.7 Å². The number of carbonyl (C=O) groups is 1. The highest BCUT2D eigenvalue weighted by Gasteiger charge is 2.27. The highest BCUT2D eigenvalue weighted by Crippen LogP contribution is 2.21. The predicted molar refractivity (Wildman–Crippen MR) is 92.8 cm³/mol. The van der Waals surface area contributed by atoms with Crippen LogP contribution < -0.4 is 5.32 Å². The Bertz CT molecular complexity index is 865. The SMILES string of the molecule is Cc1nn(CCNC(=O)c2cccc(COCC(F)(F)F)c2)c(C)c1[N+](=O)[O-]. The minimum atomic E-state index is -4.41. The summed E-state index contributed by atoms with van der Waals surface area (Å²) in [6.07, 6.45) is -4.41. The minimum Gasteiger partial charge on any atom is -0.367 e. The number of nitrogens with one attached hydrogen (secondary N) is 1. The van der Waals surface area contributed by atoms with Gasteiger partial charge in [0, 0.05) is 12.1 Å². The molecule has 0 aliphatic heterocycles. The Kier molecular flexibility index (Phi) is 6.73. The van der Waals surface area contributed by atoms with Crippen molar-refractivity contribution in [3.8, 4) is 0 Å². The number of aromatic nitrogens is 2. The van der Waals surface area contributed by atoms with Crippen LogP contribution in [0.2, 0.25) is 0 Å². The molecule has 2 aromatic rings. The van der Waals surface area contributed by atoms with Crippen molar-refractivity contribution < 1.29 is 27.6 Å². The molecule has 8 nitrogen and oxygen atoms in total. The number of nitrogens with zero attached hydrogens (tertiary/aromatic N) is 3. The first kappa shape index (κ1) is 21.4. The molecular weight excluding hydrogens is 381 g/mol. The summed E-state index contributed by atoms with van der Waals surface area (Å²) in [5.41, 5.74) is 1.33. The molecule has 1 amide bonds. The smallest absolute Gasteiger partial charge is 0.367 e. The lowest BCUT2D eigenvalue weighted by Gasteiger charge is -2.09. The quantitative estimate of drug-likeness (QED) is 0.543. The molecule has 1 aromatic heterocycles. The molecule has 1 aromatic carbocycles. The summed E-state index contributed by atoms with van der Waals surface area (Å²) in [5, 5.41) is 17.7. The number of alkyl halides is 3. The molecule has 11 heteroatoms. The Hall–Kier alpha value is -2.95. The van der Waals surface area contributed by atoms with Gasteiger partial charge in [0.25, 0.3) is 5.91 Å². The number of benzene rings is 1. The molecule has 0 bridgehead atoms. The summed E-state index contributed by atoms with van der Waals surface area (Å²) in [6.45, 7) is 1.89. The van der Waals surface area contributed by atoms with E-state index >= 15 is 0 Å². The van der Waals surface area contributed by atoms with Gasteiger partial charge in [-0.05, 0) is 31.5 Å². The maximum Gasteiger partial charge on any atom is 0.411 e. The highest BCUT2D eigenvalue weighted by molar-refractivity contribution is 5.94. The summed E-state index contributed by atoms with van der Waals surface area (Å²) in [5.74, 6) is -0.422. The largest absolute Gasteiger partial charge is 0.411 e. The number of carbonyl (C=O) groups excluding carboxylic acids is 1. The Balaban J connectivity index is 1.91. The zero-order valence-corrected chi connectivity index (χ0v) is 15.2. The van der Waals surface area contributed by atoms with Crippen LogP contribution in [0.15, 0.2) is 24.3 Å². The lowest BCUT2D eigenvalue weighted by atomic mass is 10.1. The number of halogens is 3. The lowest BCUT2D eigenvalue weighted by Crippen LogP contribution is -2.28. The van der Waals surface area contributed by atoms with Gasteiger partial charge in [-0.2, -0.15) is 18.3 Å². The summed E-state index contributed by atoms with van der Waals surface area (Å²) < 4.78 is 42.4. The lowest BCUT2D eigenvalue weighted by molar-refractivity contribution is -0.386. The molecule has 1 N–H and O–H groups in total. The van der Waals surface area contributed by atoms with Crippen molar-refractivity contribution in [2.24, 2.45) is 0 Å². The molecule has 0 spiro atoms. The molecule has 2 rings (SSSR count). The number of ether oxygens (including phenoxy) is 1. The first-order chi connectivity index (χ1) is 13.1. The normalized spacial score (nSPS) is 11.5. The molecule has 0 atom stereocenters. The molecule has 0 aliphatic rings. The zero-order valence-electron chi connectivity index (χ0n) is 15.2. The highest BCUT2D eigenvalue weighted by atomic mass is 19.4. The predicted octanol–water partition coefficient (Wildman–Crippen LogP) is 2.92. The number of hydrogen-bond donors (Lipinski definition) is 1. The van der Waals surface area contributed by atoms with Gasteiger partial charge in [-0.25, -0.2) is 0 Å². The molecule has 1 heterocycles. The van der Waals surface area contributed by atoms with E-state index in [2.05, 4.69) is 15.2 Å². The topological polar surface area (TPSA) is 99.3 Å². The molecule has 0 aliphatic carbocycles. The second-order valence-corrected chi connectivity index (χ2v) is 6.06. The van der Waals surface area contributed by atoms with Crippen LogP contribution in [0.4, 0.5) is 18.9 Å². The van der Waals surface area contributed by atoms with E-state index in [9.17, 15) is 28.1 Å². The maximum absolute atomic E-state index is 12.2. The van der Waals surface area contributed by atoms with Crippen LogP contribution in [0.1, 0.15) is 27.3 Å². The molecule has 0 unspecified atom stereocenters. The third kappa shape index (κ3) is 5.78. The fourth-order valence-corrected chi connectivity index (χ4v) is 2.63. The van der Waals surface area contributed by atoms with Crippen LogP contribution in [-0.2, 0) is 17.9 Å². The number of aryl methyl sites for hydroxylation is 1. The van der Waals surface area contributed by atoms with Gasteiger partial charge in [-0.15, -0.1) is 0 Å². The monoisotopic (exact) mass is 400 g/mol. The molecule has 0 fully saturated rings. The second-order valence-electron chi connectivity index (χ2n) is 6.06. The van der Waals surface area contributed by atoms with Crippen molar-refractivity contribution in [1.29, 1.82) is 0 Å². The van der Waals surface area contributed by atoms with E-state index in [1.54, 1.807) is 19.1 Å². The van der Waals surface area contributed by atoms with E-state index in [0.29, 0.717) is 17.0 Å². The first-order valence-electron chi connectivity index (χ1n) is 8.28. The summed E-state index contributed by atoms with van der Waals surface area (Å²) >= 11 is 0. The molecular formula is C17H19F3N4O4. The number of amides is 1. The van der Waals surface area contributed by atoms with Crippen LogP contribution in [0, 0.1) is 24.0 Å². The van der Waals surface area contributed by atoms with Crippen molar-refractivity contribution in [3.05, 3.63) is 56.9 Å². The molecule has 0 radical (unpaired) electrons. The maximum atomic E-state index is 12.2. The van der Waals surface area contributed by atoms with Crippen LogP contribution in [0.5, 0.6) is 0 Å². The fraction of sp³-hybridized carbons (Fsp3) is 0.412. The van der Waals surface area contributed by atoms with Crippen molar-refractivity contribution >= 4 is 11.6 Å². The molecule has 152 valence electrons. The van der Waals surface area contributed by atoms with Crippen LogP contribution in [-0.4, -0.2) is 39.9 Å². The Morgan fingerprint density at radius 3 is 2.68 bits per heavy atom. The number of nitro groups is 1. The summed E-state index contributed by atoms with van der Waals surface area (Å²) in [6, 6.07) is 6.07. The molecule has 0 saturated carbocycles. The fourth-order valence-electron chi connectivity index (χ4n) is 2.63. The van der Waals surface area contributed by atoms with E-state index in [-0.39, 0.29) is 30.9 Å². The van der Waals surface area contributed by atoms with E-state index in [4.69, 9.17) is 0 Å². The van der Waals surface area contributed by atoms with Crippen LogP contribution >= 0.6 is 0 Å². The van der Waals surface area contributed by atoms with Crippen molar-refractivity contribution in [1.82, 2.24) is 15.1 Å². The van der Waals surface area contributed by atoms with E-state index in [1.807, 2.05) is 0 Å². The summed E-state index contributed by atoms with van der Waals surface area (Å²) in [7, 11) is 0. The van der Waals surface area contributed by atoms with Gasteiger partial charge in [0.1, 0.15) is 18.0 Å². The Morgan fingerprint density at radius 2 is 2.07 bits per heavy atom. The van der Waals surface area contributed by atoms with Gasteiger partial charge < -0.3 is 10.1 Å². The van der Waals surface area contributed by atoms with Gasteiger partial charge in [0.15, 0.2) is 0 Å². The first-order valence-corrected chi connectivity index (χ1v) is 8.28. The average molecular weight is 400 g/mol. The van der Waals surface area contributed by atoms with Gasteiger partial charge in [0.05, 0.1) is 18.1 Å². The van der Waals surface area contributed by atoms with Crippen LogP contribution in [0.3, 0.4) is 0 Å². The molecule has 28 heavy (non-hydrogen) atoms. The van der Waals surface area contributed by atoms with Gasteiger partial charge >= 0.3 is 11.9 Å². The third-order valence-corrected chi connectivity index (χ3v) is 3.86. The number of hydrogen-bond acceptors (Lipinski definition) is 5. The van der Waals surface area contributed by atoms with Crippen molar-refractivity contribution in [2.45, 2.75) is 33.2 Å². The zero-order chi connectivity index (χ0) is 20.9.